The number of nitrogens with one attached hydrogen (secondary N) is 1. The summed E-state index contributed by atoms with van der Waals surface area (Å²) < 4.78 is 5.13. The Morgan fingerprint density at radius 3 is 2.71 bits per heavy atom. The molecule has 0 bridgehead atoms. The highest BCUT2D eigenvalue weighted by Crippen LogP contribution is 2.19. The molecule has 4 heteroatoms. The standard InChI is InChI=1S/C10H20N2OS/c1-4-12(8(2)7-13-3)10(14)11-9-5-6-9/h8-9H,4-7H2,1-3H3,(H,11,14). The van der Waals surface area contributed by atoms with Gasteiger partial charge in [-0.05, 0) is 38.9 Å². The van der Waals surface area contributed by atoms with Crippen LogP contribution in [0.5, 0.6) is 0 Å². The van der Waals surface area contributed by atoms with Crippen molar-refractivity contribution in [1.29, 1.82) is 0 Å². The Labute approximate surface area is 91.8 Å². The van der Waals surface area contributed by atoms with E-state index >= 15 is 0 Å². The van der Waals surface area contributed by atoms with Gasteiger partial charge in [0.1, 0.15) is 0 Å². The van der Waals surface area contributed by atoms with E-state index in [1.807, 2.05) is 0 Å². The summed E-state index contributed by atoms with van der Waals surface area (Å²) in [5.41, 5.74) is 0. The van der Waals surface area contributed by atoms with E-state index in [2.05, 4.69) is 24.1 Å². The van der Waals surface area contributed by atoms with Crippen molar-refractivity contribution in [2.24, 2.45) is 0 Å². The van der Waals surface area contributed by atoms with E-state index < -0.39 is 0 Å². The SMILES string of the molecule is CCN(C(=S)NC1CC1)C(C)COC. The predicted octanol–water partition coefficient (Wildman–Crippen LogP) is 1.38. The molecule has 1 aliphatic carbocycles. The molecule has 1 saturated carbocycles. The molecular formula is C10H20N2OS. The molecule has 1 atom stereocenters. The van der Waals surface area contributed by atoms with Crippen molar-refractivity contribution in [3.05, 3.63) is 0 Å². The highest BCUT2D eigenvalue weighted by molar-refractivity contribution is 7.80. The van der Waals surface area contributed by atoms with Crippen LogP contribution < -0.4 is 5.32 Å². The van der Waals surface area contributed by atoms with Crippen LogP contribution >= 0.6 is 12.2 Å². The van der Waals surface area contributed by atoms with E-state index in [1.54, 1.807) is 7.11 Å². The lowest BCUT2D eigenvalue weighted by Crippen LogP contribution is -2.47. The fraction of sp³-hybridized carbons (Fsp3) is 0.900. The van der Waals surface area contributed by atoms with Gasteiger partial charge in [0.05, 0.1) is 12.6 Å². The third kappa shape index (κ3) is 3.42. The zero-order valence-corrected chi connectivity index (χ0v) is 10.1. The molecule has 1 aliphatic rings. The van der Waals surface area contributed by atoms with Gasteiger partial charge in [0.2, 0.25) is 0 Å². The van der Waals surface area contributed by atoms with E-state index in [1.165, 1.54) is 12.8 Å². The molecule has 0 radical (unpaired) electrons. The van der Waals surface area contributed by atoms with Gasteiger partial charge in [0.25, 0.3) is 0 Å². The van der Waals surface area contributed by atoms with Crippen molar-refractivity contribution in [2.45, 2.75) is 38.8 Å². The minimum atomic E-state index is 0.351. The van der Waals surface area contributed by atoms with Crippen molar-refractivity contribution in [2.75, 3.05) is 20.3 Å². The summed E-state index contributed by atoms with van der Waals surface area (Å²) in [4.78, 5) is 2.18. The number of hydrogen-bond acceptors (Lipinski definition) is 2. The van der Waals surface area contributed by atoms with Crippen LogP contribution in [0, 0.1) is 0 Å². The van der Waals surface area contributed by atoms with Crippen molar-refractivity contribution in [3.8, 4) is 0 Å². The minimum absolute atomic E-state index is 0.351. The number of hydrogen-bond donors (Lipinski definition) is 1. The Morgan fingerprint density at radius 1 is 1.64 bits per heavy atom. The lowest BCUT2D eigenvalue weighted by atomic mass is 10.3. The van der Waals surface area contributed by atoms with Gasteiger partial charge < -0.3 is 15.0 Å². The maximum atomic E-state index is 5.34. The number of likely N-dealkylation sites (N-methyl/N-ethyl adjacent to an activating group) is 1. The van der Waals surface area contributed by atoms with Crippen molar-refractivity contribution < 1.29 is 4.74 Å². The van der Waals surface area contributed by atoms with Gasteiger partial charge in [-0.1, -0.05) is 0 Å². The highest BCUT2D eigenvalue weighted by atomic mass is 32.1. The molecule has 0 aliphatic heterocycles. The molecule has 1 N–H and O–H groups in total. The Bertz CT molecular complexity index is 195. The Kier molecular flexibility index (Phi) is 4.62. The number of nitrogens with zero attached hydrogens (tertiary/aromatic N) is 1. The lowest BCUT2D eigenvalue weighted by molar-refractivity contribution is 0.137. The molecule has 0 heterocycles. The molecule has 1 unspecified atom stereocenters. The van der Waals surface area contributed by atoms with E-state index in [4.69, 9.17) is 17.0 Å². The number of ether oxygens (including phenoxy) is 1. The van der Waals surface area contributed by atoms with Gasteiger partial charge >= 0.3 is 0 Å². The first kappa shape index (κ1) is 11.7. The zero-order valence-electron chi connectivity index (χ0n) is 9.25. The van der Waals surface area contributed by atoms with Gasteiger partial charge in [0.15, 0.2) is 5.11 Å². The first-order valence-corrected chi connectivity index (χ1v) is 5.66. The van der Waals surface area contributed by atoms with Gasteiger partial charge in [-0.15, -0.1) is 0 Å². The topological polar surface area (TPSA) is 24.5 Å². The van der Waals surface area contributed by atoms with Gasteiger partial charge in [-0.2, -0.15) is 0 Å². The Morgan fingerprint density at radius 2 is 2.29 bits per heavy atom. The van der Waals surface area contributed by atoms with Crippen LogP contribution in [0.2, 0.25) is 0 Å². The smallest absolute Gasteiger partial charge is 0.169 e. The second-order valence-corrected chi connectivity index (χ2v) is 4.20. The molecule has 14 heavy (non-hydrogen) atoms. The molecule has 0 amide bonds. The summed E-state index contributed by atoms with van der Waals surface area (Å²) in [6.07, 6.45) is 2.52. The van der Waals surface area contributed by atoms with Crippen LogP contribution in [0.1, 0.15) is 26.7 Å². The largest absolute Gasteiger partial charge is 0.383 e. The fourth-order valence-electron chi connectivity index (χ4n) is 1.47. The van der Waals surface area contributed by atoms with Crippen molar-refractivity contribution >= 4 is 17.3 Å². The van der Waals surface area contributed by atoms with E-state index in [0.29, 0.717) is 12.1 Å². The third-order valence-electron chi connectivity index (χ3n) is 2.45. The lowest BCUT2D eigenvalue weighted by Gasteiger charge is -2.30. The second kappa shape index (κ2) is 5.51. The van der Waals surface area contributed by atoms with Gasteiger partial charge in [-0.25, -0.2) is 0 Å². The Hall–Kier alpha value is -0.350. The molecule has 1 fully saturated rings. The van der Waals surface area contributed by atoms with Crippen molar-refractivity contribution in [1.82, 2.24) is 10.2 Å². The Balaban J connectivity index is 2.37. The molecule has 3 nitrogen and oxygen atoms in total. The molecule has 0 saturated heterocycles. The molecular weight excluding hydrogens is 196 g/mol. The maximum Gasteiger partial charge on any atom is 0.169 e. The summed E-state index contributed by atoms with van der Waals surface area (Å²) >= 11 is 5.34. The average molecular weight is 216 g/mol. The van der Waals surface area contributed by atoms with E-state index in [-0.39, 0.29) is 0 Å². The molecule has 82 valence electrons. The monoisotopic (exact) mass is 216 g/mol. The molecule has 1 rings (SSSR count). The van der Waals surface area contributed by atoms with Gasteiger partial charge in [-0.3, -0.25) is 0 Å². The van der Waals surface area contributed by atoms with Crippen LogP contribution in [-0.2, 0) is 4.74 Å². The zero-order chi connectivity index (χ0) is 10.6. The van der Waals surface area contributed by atoms with E-state index in [0.717, 1.165) is 18.3 Å². The van der Waals surface area contributed by atoms with Crippen molar-refractivity contribution in [3.63, 3.8) is 0 Å². The quantitative estimate of drug-likeness (QED) is 0.702. The van der Waals surface area contributed by atoms with Crippen LogP contribution in [0.15, 0.2) is 0 Å². The summed E-state index contributed by atoms with van der Waals surface area (Å²) in [7, 11) is 1.72. The van der Waals surface area contributed by atoms with Crippen LogP contribution in [0.4, 0.5) is 0 Å². The number of methoxy groups -OCH3 is 1. The molecule has 0 aromatic rings. The normalized spacial score (nSPS) is 17.6. The van der Waals surface area contributed by atoms with Crippen LogP contribution in [0.25, 0.3) is 0 Å². The predicted molar refractivity (Wildman–Crippen MR) is 62.5 cm³/mol. The number of rotatable bonds is 5. The van der Waals surface area contributed by atoms with Crippen LogP contribution in [0.3, 0.4) is 0 Å². The third-order valence-corrected chi connectivity index (χ3v) is 2.80. The molecule has 0 aromatic heterocycles. The van der Waals surface area contributed by atoms with E-state index in [9.17, 15) is 0 Å². The van der Waals surface area contributed by atoms with Crippen LogP contribution in [-0.4, -0.2) is 42.4 Å². The maximum absolute atomic E-state index is 5.34. The first-order valence-electron chi connectivity index (χ1n) is 5.25. The van der Waals surface area contributed by atoms with Gasteiger partial charge in [0, 0.05) is 19.7 Å². The summed E-state index contributed by atoms with van der Waals surface area (Å²) in [6.45, 7) is 5.91. The molecule has 0 aromatic carbocycles. The second-order valence-electron chi connectivity index (χ2n) is 3.81. The minimum Gasteiger partial charge on any atom is -0.383 e. The average Bonchev–Trinajstić information content (AvgIpc) is 2.90. The summed E-state index contributed by atoms with van der Waals surface area (Å²) in [6, 6.07) is 0.982. The first-order chi connectivity index (χ1) is 6.69. The fourth-order valence-corrected chi connectivity index (χ4v) is 1.95. The molecule has 0 spiro atoms. The highest BCUT2D eigenvalue weighted by Gasteiger charge is 2.24. The summed E-state index contributed by atoms with van der Waals surface area (Å²) in [5, 5.41) is 4.22. The number of thiocarbonyl (C=S) groups is 1. The summed E-state index contributed by atoms with van der Waals surface area (Å²) in [5.74, 6) is 0.